The summed E-state index contributed by atoms with van der Waals surface area (Å²) in [6.45, 7) is 0.508. The molecule has 1 amide bonds. The van der Waals surface area contributed by atoms with E-state index in [0.717, 1.165) is 11.0 Å². The van der Waals surface area contributed by atoms with Crippen molar-refractivity contribution in [2.75, 3.05) is 0 Å². The molecule has 6 heteroatoms. The molecule has 1 heterocycles. The maximum Gasteiger partial charge on any atom is 0.328 e. The van der Waals surface area contributed by atoms with Crippen LogP contribution in [0.2, 0.25) is 0 Å². The molecule has 0 bridgehead atoms. The molecule has 6 nitrogen and oxygen atoms in total. The number of amides is 1. The molecule has 0 aliphatic carbocycles. The van der Waals surface area contributed by atoms with Gasteiger partial charge in [0.15, 0.2) is 0 Å². The highest BCUT2D eigenvalue weighted by atomic mass is 16.2. The number of imidazole rings is 1. The Kier molecular flexibility index (Phi) is 3.47. The zero-order valence-corrected chi connectivity index (χ0v) is 10.2. The Labute approximate surface area is 104 Å². The predicted octanol–water partition coefficient (Wildman–Crippen LogP) is 0.110. The number of benzene rings is 1. The largest absolute Gasteiger partial charge is 0.328 e. The van der Waals surface area contributed by atoms with Gasteiger partial charge >= 0.3 is 5.69 Å². The van der Waals surface area contributed by atoms with Gasteiger partial charge in [0.1, 0.15) is 0 Å². The molecule has 0 saturated heterocycles. The van der Waals surface area contributed by atoms with Crippen molar-refractivity contribution in [1.82, 2.24) is 14.6 Å². The second kappa shape index (κ2) is 5.05. The van der Waals surface area contributed by atoms with Gasteiger partial charge in [-0.3, -0.25) is 19.4 Å². The summed E-state index contributed by atoms with van der Waals surface area (Å²) in [5, 5.41) is 0. The Morgan fingerprint density at radius 1 is 1.33 bits per heavy atom. The third-order valence-electron chi connectivity index (χ3n) is 3.00. The highest BCUT2D eigenvalue weighted by molar-refractivity contribution is 5.76. The quantitative estimate of drug-likeness (QED) is 0.458. The fraction of sp³-hybridized carbons (Fsp3) is 0.333. The number of aromatic nitrogens is 2. The third kappa shape index (κ3) is 2.14. The highest BCUT2D eigenvalue weighted by Gasteiger charge is 2.09. The number of hydrogen-bond donors (Lipinski definition) is 2. The smallest absolute Gasteiger partial charge is 0.295 e. The number of hydrogen-bond acceptors (Lipinski definition) is 3. The topological polar surface area (TPSA) is 82.0 Å². The summed E-state index contributed by atoms with van der Waals surface area (Å²) < 4.78 is 3.29. The molecule has 2 rings (SSSR count). The van der Waals surface area contributed by atoms with Gasteiger partial charge in [0, 0.05) is 20.0 Å². The van der Waals surface area contributed by atoms with Crippen molar-refractivity contribution >= 4 is 16.9 Å². The molecular formula is C12H16N4O2. The molecule has 0 saturated carbocycles. The maximum atomic E-state index is 12.0. The molecule has 0 atom stereocenters. The van der Waals surface area contributed by atoms with Gasteiger partial charge in [-0.15, -0.1) is 0 Å². The number of nitrogens with zero attached hydrogens (tertiary/aromatic N) is 2. The second-order valence-electron chi connectivity index (χ2n) is 4.15. The van der Waals surface area contributed by atoms with Crippen molar-refractivity contribution in [3.05, 3.63) is 34.7 Å². The van der Waals surface area contributed by atoms with E-state index in [2.05, 4.69) is 5.43 Å². The minimum atomic E-state index is -0.219. The molecule has 2 aromatic rings. The van der Waals surface area contributed by atoms with Crippen molar-refractivity contribution in [3.63, 3.8) is 0 Å². The SMILES string of the molecule is Cn1c(=O)n(CCCC(=O)NN)c2ccccc21. The van der Waals surface area contributed by atoms with Crippen LogP contribution in [0.5, 0.6) is 0 Å². The second-order valence-corrected chi connectivity index (χ2v) is 4.15. The van der Waals surface area contributed by atoms with Crippen LogP contribution in [0.25, 0.3) is 11.0 Å². The van der Waals surface area contributed by atoms with E-state index in [4.69, 9.17) is 5.84 Å². The zero-order valence-electron chi connectivity index (χ0n) is 10.2. The van der Waals surface area contributed by atoms with Gasteiger partial charge in [0.05, 0.1) is 11.0 Å². The number of nitrogens with two attached hydrogens (primary N) is 1. The molecule has 18 heavy (non-hydrogen) atoms. The average Bonchev–Trinajstić information content (AvgIpc) is 2.64. The fourth-order valence-corrected chi connectivity index (χ4v) is 2.05. The van der Waals surface area contributed by atoms with Crippen LogP contribution in [0.4, 0.5) is 0 Å². The van der Waals surface area contributed by atoms with E-state index in [1.165, 1.54) is 0 Å². The highest BCUT2D eigenvalue weighted by Crippen LogP contribution is 2.12. The monoisotopic (exact) mass is 248 g/mol. The maximum absolute atomic E-state index is 12.0. The first kappa shape index (κ1) is 12.4. The van der Waals surface area contributed by atoms with E-state index < -0.39 is 0 Å². The number of aryl methyl sites for hydroxylation is 2. The van der Waals surface area contributed by atoms with Gasteiger partial charge in [0.25, 0.3) is 0 Å². The molecule has 3 N–H and O–H groups in total. The molecule has 1 aromatic carbocycles. The number of nitrogens with one attached hydrogen (secondary N) is 1. The Morgan fingerprint density at radius 3 is 2.67 bits per heavy atom. The normalized spacial score (nSPS) is 10.8. The summed E-state index contributed by atoms with van der Waals surface area (Å²) in [4.78, 5) is 23.1. The summed E-state index contributed by atoms with van der Waals surface area (Å²) in [7, 11) is 1.74. The number of para-hydroxylation sites is 2. The van der Waals surface area contributed by atoms with Crippen molar-refractivity contribution in [2.45, 2.75) is 19.4 Å². The minimum absolute atomic E-state index is 0.0654. The van der Waals surface area contributed by atoms with Crippen LogP contribution in [-0.4, -0.2) is 15.0 Å². The average molecular weight is 248 g/mol. The van der Waals surface area contributed by atoms with Crippen LogP contribution in [0.15, 0.2) is 29.1 Å². The Balaban J connectivity index is 2.25. The van der Waals surface area contributed by atoms with Crippen LogP contribution in [0.3, 0.4) is 0 Å². The lowest BCUT2D eigenvalue weighted by molar-refractivity contribution is -0.121. The number of fused-ring (bicyclic) bond motifs is 1. The van der Waals surface area contributed by atoms with E-state index >= 15 is 0 Å². The van der Waals surface area contributed by atoms with Crippen LogP contribution >= 0.6 is 0 Å². The number of carbonyl (C=O) groups excluding carboxylic acids is 1. The number of rotatable bonds is 4. The Morgan fingerprint density at radius 2 is 2.00 bits per heavy atom. The third-order valence-corrected chi connectivity index (χ3v) is 3.00. The van der Waals surface area contributed by atoms with E-state index in [1.807, 2.05) is 24.3 Å². The van der Waals surface area contributed by atoms with Gasteiger partial charge < -0.3 is 0 Å². The molecule has 1 aromatic heterocycles. The van der Waals surface area contributed by atoms with Gasteiger partial charge in [-0.1, -0.05) is 12.1 Å². The molecule has 0 aliphatic rings. The lowest BCUT2D eigenvalue weighted by atomic mass is 10.3. The molecule has 0 aliphatic heterocycles. The number of hydrazine groups is 1. The predicted molar refractivity (Wildman–Crippen MR) is 68.7 cm³/mol. The summed E-state index contributed by atoms with van der Waals surface area (Å²) >= 11 is 0. The van der Waals surface area contributed by atoms with Crippen LogP contribution < -0.4 is 17.0 Å². The van der Waals surface area contributed by atoms with Crippen molar-refractivity contribution < 1.29 is 4.79 Å². The first-order chi connectivity index (χ1) is 8.65. The van der Waals surface area contributed by atoms with Gasteiger partial charge in [-0.05, 0) is 18.6 Å². The number of carbonyl (C=O) groups is 1. The standard InChI is InChI=1S/C12H16N4O2/c1-15-9-5-2-3-6-10(9)16(12(15)18)8-4-7-11(17)14-13/h2-3,5-6H,4,7-8,13H2,1H3,(H,14,17). The molecule has 0 spiro atoms. The Hall–Kier alpha value is -2.08. The van der Waals surface area contributed by atoms with Gasteiger partial charge in [-0.25, -0.2) is 10.6 Å². The first-order valence-electron chi connectivity index (χ1n) is 5.79. The van der Waals surface area contributed by atoms with Crippen molar-refractivity contribution in [1.29, 1.82) is 0 Å². The Bertz CT molecular complexity index is 627. The summed E-state index contributed by atoms with van der Waals surface area (Å²) in [6.07, 6.45) is 0.892. The van der Waals surface area contributed by atoms with Gasteiger partial charge in [0.2, 0.25) is 5.91 Å². The van der Waals surface area contributed by atoms with Crippen molar-refractivity contribution in [2.24, 2.45) is 12.9 Å². The molecule has 0 unspecified atom stereocenters. The van der Waals surface area contributed by atoms with E-state index in [0.29, 0.717) is 19.4 Å². The molecule has 96 valence electrons. The van der Waals surface area contributed by atoms with E-state index in [9.17, 15) is 9.59 Å². The van der Waals surface area contributed by atoms with Crippen molar-refractivity contribution in [3.8, 4) is 0 Å². The lowest BCUT2D eigenvalue weighted by Crippen LogP contribution is -2.30. The van der Waals surface area contributed by atoms with Gasteiger partial charge in [-0.2, -0.15) is 0 Å². The lowest BCUT2D eigenvalue weighted by Gasteiger charge is -2.02. The van der Waals surface area contributed by atoms with Crippen LogP contribution in [0, 0.1) is 0 Å². The first-order valence-corrected chi connectivity index (χ1v) is 5.79. The molecular weight excluding hydrogens is 232 g/mol. The molecule has 0 fully saturated rings. The van der Waals surface area contributed by atoms with E-state index in [1.54, 1.807) is 16.2 Å². The summed E-state index contributed by atoms with van der Waals surface area (Å²) in [5.74, 6) is 4.78. The molecule has 0 radical (unpaired) electrons. The van der Waals surface area contributed by atoms with Crippen LogP contribution in [0.1, 0.15) is 12.8 Å². The zero-order chi connectivity index (χ0) is 13.1. The summed E-state index contributed by atoms with van der Waals surface area (Å²) in [5.41, 5.74) is 3.79. The fourth-order valence-electron chi connectivity index (χ4n) is 2.05. The summed E-state index contributed by atoms with van der Waals surface area (Å²) in [6, 6.07) is 7.60. The van der Waals surface area contributed by atoms with Crippen LogP contribution in [-0.2, 0) is 18.4 Å². The minimum Gasteiger partial charge on any atom is -0.295 e. The van der Waals surface area contributed by atoms with E-state index in [-0.39, 0.29) is 11.6 Å².